The lowest BCUT2D eigenvalue weighted by atomic mass is 10.0. The first kappa shape index (κ1) is 61.0. The van der Waals surface area contributed by atoms with Crippen LogP contribution in [0.3, 0.4) is 0 Å². The van der Waals surface area contributed by atoms with Crippen LogP contribution in [0.25, 0.3) is 0 Å². The minimum atomic E-state index is -1.89. The third-order valence-corrected chi connectivity index (χ3v) is 9.14. The van der Waals surface area contributed by atoms with Gasteiger partial charge in [-0.05, 0) is 7.05 Å². The van der Waals surface area contributed by atoms with Crippen LogP contribution in [-0.4, -0.2) is 325 Å². The van der Waals surface area contributed by atoms with Gasteiger partial charge in [-0.25, -0.2) is 0 Å². The van der Waals surface area contributed by atoms with Crippen molar-refractivity contribution >= 4 is 0 Å². The van der Waals surface area contributed by atoms with Crippen LogP contribution in [-0.2, 0) is 37.9 Å². The van der Waals surface area contributed by atoms with Crippen molar-refractivity contribution < 1.29 is 114 Å². The van der Waals surface area contributed by atoms with E-state index in [1.54, 1.807) is 11.9 Å². The summed E-state index contributed by atoms with van der Waals surface area (Å²) in [6, 6.07) is 0. The SMILES string of the molecule is CN(CCOCCOCCOCCOCCOCCOCCOCCOCCN(C[C@H](O)[C@@H](O)[C@H](O)[C@H](O)CO)C[C@H](O)[C@@H](O)[C@H](O)[C@H](O)CO)C[C@H](O)[C@@H](O)[C@H](O)[C@H](O)CO. The van der Waals surface area contributed by atoms with Gasteiger partial charge in [-0.3, -0.25) is 4.90 Å². The predicted molar refractivity (Wildman–Crippen MR) is 214 cm³/mol. The number of likely N-dealkylation sites (N-methyl/N-ethyl adjacent to an activating group) is 1. The van der Waals surface area contributed by atoms with Crippen LogP contribution in [0.4, 0.5) is 0 Å². The topological polar surface area (TPSA) is 384 Å². The molecular weight excluding hydrogens is 840 g/mol. The normalized spacial score (nSPS) is 18.3. The largest absolute Gasteiger partial charge is 0.394 e. The maximum Gasteiger partial charge on any atom is 0.111 e. The van der Waals surface area contributed by atoms with Crippen LogP contribution in [0.5, 0.6) is 0 Å². The number of nitrogens with zero attached hydrogens (tertiary/aromatic N) is 2. The molecule has 0 fully saturated rings. The minimum Gasteiger partial charge on any atom is -0.394 e. The quantitative estimate of drug-likeness (QED) is 0.0252. The van der Waals surface area contributed by atoms with E-state index in [1.165, 1.54) is 4.90 Å². The van der Waals surface area contributed by atoms with E-state index in [9.17, 15) is 61.3 Å². The molecule has 0 heterocycles. The van der Waals surface area contributed by atoms with Gasteiger partial charge in [0.2, 0.25) is 0 Å². The number of aliphatic hydroxyl groups is 15. The molecule has 0 saturated heterocycles. The first-order valence-corrected chi connectivity index (χ1v) is 20.6. The van der Waals surface area contributed by atoms with E-state index in [2.05, 4.69) is 0 Å². The van der Waals surface area contributed by atoms with Crippen LogP contribution in [0.1, 0.15) is 0 Å². The molecule has 62 heavy (non-hydrogen) atoms. The second kappa shape index (κ2) is 39.2. The number of hydrogen-bond acceptors (Lipinski definition) is 25. The fourth-order valence-electron chi connectivity index (χ4n) is 5.27. The minimum absolute atomic E-state index is 0.0177. The molecule has 0 aromatic rings. The van der Waals surface area contributed by atoms with E-state index in [4.69, 9.17) is 53.2 Å². The monoisotopic (exact) mass is 918 g/mol. The van der Waals surface area contributed by atoms with Gasteiger partial charge in [0.15, 0.2) is 0 Å². The molecule has 0 aliphatic heterocycles. The predicted octanol–water partition coefficient (Wildman–Crippen LogP) is -9.34. The molecular formula is C37H78N2O23. The molecule has 0 saturated carbocycles. The first-order chi connectivity index (χ1) is 29.6. The Labute approximate surface area is 362 Å². The van der Waals surface area contributed by atoms with Crippen molar-refractivity contribution in [3.63, 3.8) is 0 Å². The zero-order valence-electron chi connectivity index (χ0n) is 35.8. The van der Waals surface area contributed by atoms with E-state index in [1.807, 2.05) is 0 Å². The molecule has 0 unspecified atom stereocenters. The molecule has 0 aliphatic carbocycles. The third-order valence-electron chi connectivity index (χ3n) is 9.14. The Morgan fingerprint density at radius 2 is 0.500 bits per heavy atom. The van der Waals surface area contributed by atoms with Gasteiger partial charge in [-0.2, -0.15) is 0 Å². The van der Waals surface area contributed by atoms with Crippen molar-refractivity contribution in [3.8, 4) is 0 Å². The van der Waals surface area contributed by atoms with Crippen LogP contribution < -0.4 is 0 Å². The Kier molecular flexibility index (Phi) is 38.6. The van der Waals surface area contributed by atoms with Crippen LogP contribution >= 0.6 is 0 Å². The van der Waals surface area contributed by atoms with Crippen molar-refractivity contribution in [2.24, 2.45) is 0 Å². The number of ether oxygens (including phenoxy) is 8. The highest BCUT2D eigenvalue weighted by Crippen LogP contribution is 2.11. The molecule has 0 aromatic heterocycles. The highest BCUT2D eigenvalue weighted by atomic mass is 16.6. The summed E-state index contributed by atoms with van der Waals surface area (Å²) in [5.74, 6) is 0. The Morgan fingerprint density at radius 1 is 0.290 bits per heavy atom. The molecule has 25 nitrogen and oxygen atoms in total. The van der Waals surface area contributed by atoms with Gasteiger partial charge in [0.25, 0.3) is 0 Å². The van der Waals surface area contributed by atoms with Crippen LogP contribution in [0.15, 0.2) is 0 Å². The molecule has 374 valence electrons. The third kappa shape index (κ3) is 29.5. The number of rotatable bonds is 45. The van der Waals surface area contributed by atoms with E-state index < -0.39 is 106 Å². The number of aliphatic hydroxyl groups excluding tert-OH is 15. The second-order valence-electron chi connectivity index (χ2n) is 14.3. The van der Waals surface area contributed by atoms with E-state index in [-0.39, 0.29) is 39.5 Å². The van der Waals surface area contributed by atoms with Crippen molar-refractivity contribution in [3.05, 3.63) is 0 Å². The lowest BCUT2D eigenvalue weighted by Crippen LogP contribution is -2.53. The first-order valence-electron chi connectivity index (χ1n) is 20.6. The Balaban J connectivity index is 3.87. The molecule has 0 spiro atoms. The maximum atomic E-state index is 10.4. The fraction of sp³-hybridized carbons (Fsp3) is 1.00. The van der Waals surface area contributed by atoms with E-state index in [0.717, 1.165) is 0 Å². The summed E-state index contributed by atoms with van der Waals surface area (Å²) in [5.41, 5.74) is 0. The van der Waals surface area contributed by atoms with Crippen molar-refractivity contribution in [2.75, 3.05) is 165 Å². The zero-order chi connectivity index (χ0) is 46.7. The molecule has 0 radical (unpaired) electrons. The van der Waals surface area contributed by atoms with E-state index >= 15 is 0 Å². The van der Waals surface area contributed by atoms with Gasteiger partial charge in [0.05, 0.1) is 144 Å². The highest BCUT2D eigenvalue weighted by molar-refractivity contribution is 4.86. The standard InChI is InChI=1S/C37H78N2O23/c1-38(20-26(43)32(49)35(52)29(46)23-40)2-4-55-6-8-57-10-12-59-14-16-61-18-19-62-17-15-60-13-11-58-9-7-56-5-3-39(21-27(44)33(50)36(53)30(47)24-41)22-28(45)34(51)37(54)31(48)25-42/h26-37,40-54H,2-25H2,1H3/t26-,27-,28-,29+,30+,31+,32+,33+,34+,35+,36+,37+/m0/s1. The number of hydrogen-bond donors (Lipinski definition) is 15. The fourth-order valence-corrected chi connectivity index (χ4v) is 5.27. The Morgan fingerprint density at radius 3 is 0.758 bits per heavy atom. The van der Waals surface area contributed by atoms with Gasteiger partial charge < -0.3 is 119 Å². The summed E-state index contributed by atoms with van der Waals surface area (Å²) >= 11 is 0. The van der Waals surface area contributed by atoms with E-state index in [0.29, 0.717) is 85.8 Å². The molecule has 0 bridgehead atoms. The van der Waals surface area contributed by atoms with Gasteiger partial charge in [-0.15, -0.1) is 0 Å². The van der Waals surface area contributed by atoms with Gasteiger partial charge >= 0.3 is 0 Å². The summed E-state index contributed by atoms with van der Waals surface area (Å²) in [5, 5.41) is 146. The van der Waals surface area contributed by atoms with Crippen LogP contribution in [0.2, 0.25) is 0 Å². The smallest absolute Gasteiger partial charge is 0.111 e. The van der Waals surface area contributed by atoms with Crippen LogP contribution in [0, 0.1) is 0 Å². The Bertz CT molecular complexity index is 959. The summed E-state index contributed by atoms with van der Waals surface area (Å²) in [4.78, 5) is 3.02. The average molecular weight is 919 g/mol. The van der Waals surface area contributed by atoms with Crippen molar-refractivity contribution in [2.45, 2.75) is 73.2 Å². The van der Waals surface area contributed by atoms with Gasteiger partial charge in [0, 0.05) is 32.7 Å². The molecule has 0 aromatic carbocycles. The summed E-state index contributed by atoms with van der Waals surface area (Å²) in [6.45, 7) is 2.19. The highest BCUT2D eigenvalue weighted by Gasteiger charge is 2.34. The zero-order valence-corrected chi connectivity index (χ0v) is 35.8. The molecule has 15 N–H and O–H groups in total. The Hall–Kier alpha value is -1.00. The van der Waals surface area contributed by atoms with Gasteiger partial charge in [0.1, 0.15) is 54.9 Å². The molecule has 25 heteroatoms. The van der Waals surface area contributed by atoms with Crippen molar-refractivity contribution in [1.29, 1.82) is 0 Å². The molecule has 0 rings (SSSR count). The molecule has 12 atom stereocenters. The molecule has 0 aliphatic rings. The second-order valence-corrected chi connectivity index (χ2v) is 14.3. The lowest BCUT2D eigenvalue weighted by Gasteiger charge is -2.33. The maximum absolute atomic E-state index is 10.4. The average Bonchev–Trinajstić information content (AvgIpc) is 3.27. The summed E-state index contributed by atoms with van der Waals surface area (Å²) in [6.07, 6.45) is -20.5. The van der Waals surface area contributed by atoms with Gasteiger partial charge in [-0.1, -0.05) is 0 Å². The lowest BCUT2D eigenvalue weighted by molar-refractivity contribution is -0.131. The van der Waals surface area contributed by atoms with Crippen molar-refractivity contribution in [1.82, 2.24) is 9.80 Å². The summed E-state index contributed by atoms with van der Waals surface area (Å²) < 4.78 is 43.7. The molecule has 0 amide bonds. The summed E-state index contributed by atoms with van der Waals surface area (Å²) in [7, 11) is 1.69.